The van der Waals surface area contributed by atoms with E-state index in [1.54, 1.807) is 0 Å². The fraction of sp³-hybridized carbons (Fsp3) is 0.150. The van der Waals surface area contributed by atoms with Gasteiger partial charge in [0.25, 0.3) is 5.09 Å². The summed E-state index contributed by atoms with van der Waals surface area (Å²) in [5, 5.41) is 14.4. The summed E-state index contributed by atoms with van der Waals surface area (Å²) in [5.74, 6) is 0. The lowest BCUT2D eigenvalue weighted by Gasteiger charge is -2.29. The Hall–Kier alpha value is -3.12. The minimum absolute atomic E-state index is 0.322. The van der Waals surface area contributed by atoms with Crippen LogP contribution in [0.25, 0.3) is 11.6 Å². The molecule has 4 rings (SSSR count). The van der Waals surface area contributed by atoms with Gasteiger partial charge in [-0.15, -0.1) is 10.1 Å². The molecule has 0 radical (unpaired) electrons. The van der Waals surface area contributed by atoms with E-state index in [2.05, 4.69) is 52.0 Å². The molecule has 0 fully saturated rings. The van der Waals surface area contributed by atoms with Crippen molar-refractivity contribution in [3.63, 3.8) is 0 Å². The second-order valence-corrected chi connectivity index (χ2v) is 6.55. The second kappa shape index (κ2) is 8.51. The molecule has 0 saturated carbocycles. The van der Waals surface area contributed by atoms with E-state index in [4.69, 9.17) is 26.9 Å². The van der Waals surface area contributed by atoms with E-state index < -0.39 is 5.09 Å². The Morgan fingerprint density at radius 1 is 1.22 bits per heavy atom. The molecule has 0 amide bonds. The van der Waals surface area contributed by atoms with Crippen molar-refractivity contribution in [2.45, 2.75) is 18.9 Å². The summed E-state index contributed by atoms with van der Waals surface area (Å²) in [6, 6.07) is 17.0. The van der Waals surface area contributed by atoms with Gasteiger partial charge in [0.1, 0.15) is 0 Å². The van der Waals surface area contributed by atoms with Crippen molar-refractivity contribution in [2.75, 3.05) is 0 Å². The molecule has 2 aromatic carbocycles. The van der Waals surface area contributed by atoms with Crippen molar-refractivity contribution < 1.29 is 10.3 Å². The van der Waals surface area contributed by atoms with E-state index in [-0.39, 0.29) is 0 Å². The largest absolute Gasteiger partial charge is 0.330 e. The number of fused-ring (bicyclic) bond motifs is 1. The van der Waals surface area contributed by atoms with Crippen LogP contribution < -0.4 is 0 Å². The number of allylic oxidation sites excluding steroid dienone is 1. The first kappa shape index (κ1) is 18.7. The van der Waals surface area contributed by atoms with Crippen LogP contribution in [0.4, 0.5) is 0 Å². The Kier molecular flexibility index (Phi) is 5.88. The highest BCUT2D eigenvalue weighted by atomic mass is 35.5. The molecule has 0 spiro atoms. The number of aryl methyl sites for hydroxylation is 1. The topological polar surface area (TPSA) is 81.2 Å². The zero-order valence-corrected chi connectivity index (χ0v) is 15.2. The molecule has 1 heterocycles. The van der Waals surface area contributed by atoms with E-state index in [1.165, 1.54) is 22.3 Å². The molecule has 0 aliphatic heterocycles. The first-order valence-electron chi connectivity index (χ1n) is 8.41. The number of hydrogen-bond donors (Lipinski definition) is 1. The van der Waals surface area contributed by atoms with Gasteiger partial charge in [-0.3, -0.25) is 0 Å². The van der Waals surface area contributed by atoms with E-state index in [0.29, 0.717) is 6.04 Å². The number of aromatic nitrogens is 2. The van der Waals surface area contributed by atoms with Crippen molar-refractivity contribution in [3.8, 4) is 0 Å². The Morgan fingerprint density at radius 2 is 1.93 bits per heavy atom. The molecule has 1 N–H and O–H groups in total. The maximum absolute atomic E-state index is 8.36. The first-order valence-corrected chi connectivity index (χ1v) is 8.78. The summed E-state index contributed by atoms with van der Waals surface area (Å²) in [6.45, 7) is 0. The summed E-state index contributed by atoms with van der Waals surface area (Å²) in [6.07, 6.45) is 10.3. The van der Waals surface area contributed by atoms with Gasteiger partial charge in [-0.05, 0) is 53.3 Å². The molecule has 1 atom stereocenters. The van der Waals surface area contributed by atoms with Gasteiger partial charge in [0, 0.05) is 17.4 Å². The van der Waals surface area contributed by atoms with Crippen molar-refractivity contribution in [3.05, 3.63) is 99.1 Å². The van der Waals surface area contributed by atoms with Gasteiger partial charge in [0.05, 0.1) is 12.4 Å². The first-order chi connectivity index (χ1) is 13.0. The third kappa shape index (κ3) is 4.74. The summed E-state index contributed by atoms with van der Waals surface area (Å²) in [7, 11) is 0. The van der Waals surface area contributed by atoms with Crippen LogP contribution in [0.2, 0.25) is 5.02 Å². The van der Waals surface area contributed by atoms with Gasteiger partial charge in [-0.1, -0.05) is 48.0 Å². The Labute approximate surface area is 161 Å². The normalized spacial score (nSPS) is 16.9. The van der Waals surface area contributed by atoms with Gasteiger partial charge < -0.3 is 9.77 Å². The average Bonchev–Trinajstić information content (AvgIpc) is 3.18. The summed E-state index contributed by atoms with van der Waals surface area (Å²) >= 11 is 6.01. The molecule has 27 heavy (non-hydrogen) atoms. The highest BCUT2D eigenvalue weighted by Gasteiger charge is 2.24. The van der Waals surface area contributed by atoms with Gasteiger partial charge >= 0.3 is 0 Å². The molecule has 1 aliphatic carbocycles. The Balaban J connectivity index is 0.000000481. The van der Waals surface area contributed by atoms with Crippen molar-refractivity contribution in [1.29, 1.82) is 0 Å². The van der Waals surface area contributed by atoms with Crippen molar-refractivity contribution in [1.82, 2.24) is 9.55 Å². The van der Waals surface area contributed by atoms with E-state index in [1.807, 2.05) is 30.9 Å². The van der Waals surface area contributed by atoms with Crippen LogP contribution in [0, 0.1) is 10.1 Å². The number of hydrogen-bond acceptors (Lipinski definition) is 3. The fourth-order valence-corrected chi connectivity index (χ4v) is 3.45. The standard InChI is InChI=1S/C20H17ClN2.HNO3/c21-17-8-5-15(6-9-17)13-19-18-4-2-1-3-16(18)7-10-20(19)23-12-11-22-14-23;2-1(3)4/h1-6,8-9,11-14,20H,7,10H2;(H,2,3,4)/b19-13+;. The lowest BCUT2D eigenvalue weighted by Crippen LogP contribution is -2.16. The van der Waals surface area contributed by atoms with Crippen LogP contribution in [0.15, 0.2) is 67.3 Å². The highest BCUT2D eigenvalue weighted by molar-refractivity contribution is 6.30. The smallest absolute Gasteiger partial charge is 0.291 e. The van der Waals surface area contributed by atoms with Crippen LogP contribution in [0.5, 0.6) is 0 Å². The van der Waals surface area contributed by atoms with Crippen LogP contribution in [-0.2, 0) is 6.42 Å². The molecule has 7 heteroatoms. The number of imidazole rings is 1. The lowest BCUT2D eigenvalue weighted by molar-refractivity contribution is -0.742. The summed E-state index contributed by atoms with van der Waals surface area (Å²) in [5.41, 5.74) is 5.27. The molecule has 0 bridgehead atoms. The number of nitrogens with zero attached hydrogens (tertiary/aromatic N) is 3. The minimum Gasteiger partial charge on any atom is -0.330 e. The molecular weight excluding hydrogens is 366 g/mol. The van der Waals surface area contributed by atoms with E-state index in [0.717, 1.165) is 17.9 Å². The van der Waals surface area contributed by atoms with Gasteiger partial charge in [0.15, 0.2) is 0 Å². The van der Waals surface area contributed by atoms with Crippen LogP contribution >= 0.6 is 11.6 Å². The molecule has 0 saturated heterocycles. The summed E-state index contributed by atoms with van der Waals surface area (Å²) < 4.78 is 2.21. The van der Waals surface area contributed by atoms with Crippen molar-refractivity contribution in [2.24, 2.45) is 0 Å². The van der Waals surface area contributed by atoms with Gasteiger partial charge in [0.2, 0.25) is 0 Å². The molecule has 1 unspecified atom stereocenters. The average molecular weight is 384 g/mol. The third-order valence-corrected chi connectivity index (χ3v) is 4.70. The lowest BCUT2D eigenvalue weighted by atomic mass is 9.83. The number of halogens is 1. The molecule has 3 aromatic rings. The van der Waals surface area contributed by atoms with Crippen LogP contribution in [-0.4, -0.2) is 19.8 Å². The third-order valence-electron chi connectivity index (χ3n) is 4.45. The molecule has 138 valence electrons. The van der Waals surface area contributed by atoms with Crippen LogP contribution in [0.3, 0.4) is 0 Å². The summed E-state index contributed by atoms with van der Waals surface area (Å²) in [4.78, 5) is 12.6. The second-order valence-electron chi connectivity index (χ2n) is 6.11. The maximum atomic E-state index is 8.36. The monoisotopic (exact) mass is 383 g/mol. The SMILES string of the molecule is Clc1ccc(/C=C2\c3ccccc3CCC2n2ccnc2)cc1.O=[N+]([O-])O. The van der Waals surface area contributed by atoms with Gasteiger partial charge in [-0.2, -0.15) is 0 Å². The molecule has 6 nitrogen and oxygen atoms in total. The highest BCUT2D eigenvalue weighted by Crippen LogP contribution is 2.39. The van der Waals surface area contributed by atoms with Gasteiger partial charge in [-0.25, -0.2) is 4.98 Å². The maximum Gasteiger partial charge on any atom is 0.291 e. The quantitative estimate of drug-likeness (QED) is 0.503. The number of benzene rings is 2. The van der Waals surface area contributed by atoms with E-state index in [9.17, 15) is 0 Å². The van der Waals surface area contributed by atoms with Crippen molar-refractivity contribution >= 4 is 23.3 Å². The van der Waals surface area contributed by atoms with E-state index >= 15 is 0 Å². The van der Waals surface area contributed by atoms with Crippen LogP contribution in [0.1, 0.15) is 29.2 Å². The fourth-order valence-electron chi connectivity index (χ4n) is 3.32. The zero-order valence-electron chi connectivity index (χ0n) is 14.4. The Morgan fingerprint density at radius 3 is 2.59 bits per heavy atom. The Bertz CT molecular complexity index is 933. The minimum atomic E-state index is -1.50. The predicted octanol–water partition coefficient (Wildman–Crippen LogP) is 4.92. The predicted molar refractivity (Wildman–Crippen MR) is 104 cm³/mol. The molecule has 1 aliphatic rings. The molecular formula is C20H18ClN3O3. The number of rotatable bonds is 2. The zero-order chi connectivity index (χ0) is 19.2. The molecule has 1 aromatic heterocycles.